The normalized spacial score (nSPS) is 16.1. The van der Waals surface area contributed by atoms with Crippen LogP contribution in [0.25, 0.3) is 0 Å². The lowest BCUT2D eigenvalue weighted by atomic mass is 10.2. The molecule has 16 heavy (non-hydrogen) atoms. The molecule has 0 aromatic heterocycles. The molecule has 0 spiro atoms. The molecule has 0 bridgehead atoms. The lowest BCUT2D eigenvalue weighted by molar-refractivity contribution is -0.130. The predicted molar refractivity (Wildman–Crippen MR) is 68.2 cm³/mol. The van der Waals surface area contributed by atoms with Gasteiger partial charge in [0.1, 0.15) is 0 Å². The first-order chi connectivity index (χ1) is 7.75. The number of carbonyl (C=O) groups excluding carboxylic acids is 1. The summed E-state index contributed by atoms with van der Waals surface area (Å²) in [4.78, 5) is 13.4. The molecular formula is C14H23NO. The van der Waals surface area contributed by atoms with Crippen LogP contribution in [0.3, 0.4) is 0 Å². The minimum absolute atomic E-state index is 0.315. The second kappa shape index (κ2) is 7.26. The molecule has 0 atom stereocenters. The number of rotatable bonds is 7. The second-order valence-corrected chi connectivity index (χ2v) is 4.42. The van der Waals surface area contributed by atoms with E-state index in [0.29, 0.717) is 11.8 Å². The SMILES string of the molecule is CC/C=C\CC/C=C\CN(C)C(=O)C1CC1. The molecule has 0 radical (unpaired) electrons. The standard InChI is InChI=1S/C14H23NO/c1-3-4-5-6-7-8-9-12-15(2)14(16)13-10-11-13/h4-5,8-9,13H,3,6-7,10-12H2,1-2H3/b5-4-,9-8-. The van der Waals surface area contributed by atoms with E-state index in [9.17, 15) is 4.79 Å². The molecule has 0 aromatic rings. The molecule has 1 amide bonds. The van der Waals surface area contributed by atoms with Gasteiger partial charge in [-0.1, -0.05) is 31.2 Å². The number of hydrogen-bond donors (Lipinski definition) is 0. The minimum atomic E-state index is 0.315. The molecule has 1 aliphatic rings. The van der Waals surface area contributed by atoms with Crippen LogP contribution in [0.5, 0.6) is 0 Å². The zero-order valence-corrected chi connectivity index (χ0v) is 10.5. The monoisotopic (exact) mass is 221 g/mol. The van der Waals surface area contributed by atoms with Gasteiger partial charge >= 0.3 is 0 Å². The fourth-order valence-electron chi connectivity index (χ4n) is 1.56. The van der Waals surface area contributed by atoms with E-state index in [4.69, 9.17) is 0 Å². The maximum atomic E-state index is 11.6. The molecular weight excluding hydrogens is 198 g/mol. The van der Waals surface area contributed by atoms with Crippen LogP contribution in [-0.2, 0) is 4.79 Å². The van der Waals surface area contributed by atoms with E-state index >= 15 is 0 Å². The Kier molecular flexibility index (Phi) is 5.91. The summed E-state index contributed by atoms with van der Waals surface area (Å²) >= 11 is 0. The Hall–Kier alpha value is -1.05. The topological polar surface area (TPSA) is 20.3 Å². The zero-order chi connectivity index (χ0) is 11.8. The zero-order valence-electron chi connectivity index (χ0n) is 10.5. The van der Waals surface area contributed by atoms with E-state index in [0.717, 1.165) is 38.6 Å². The first kappa shape index (κ1) is 13.0. The van der Waals surface area contributed by atoms with E-state index in [1.807, 2.05) is 11.9 Å². The van der Waals surface area contributed by atoms with Crippen LogP contribution in [0.1, 0.15) is 39.0 Å². The molecule has 1 aliphatic carbocycles. The van der Waals surface area contributed by atoms with Crippen molar-refractivity contribution in [3.63, 3.8) is 0 Å². The van der Waals surface area contributed by atoms with Gasteiger partial charge in [-0.05, 0) is 32.1 Å². The Bertz CT molecular complexity index is 264. The van der Waals surface area contributed by atoms with Crippen LogP contribution in [0, 0.1) is 5.92 Å². The Morgan fingerprint density at radius 1 is 1.19 bits per heavy atom. The molecule has 90 valence electrons. The molecule has 0 aromatic carbocycles. The highest BCUT2D eigenvalue weighted by Crippen LogP contribution is 2.30. The summed E-state index contributed by atoms with van der Waals surface area (Å²) in [6.45, 7) is 2.90. The van der Waals surface area contributed by atoms with Crippen molar-refractivity contribution in [2.45, 2.75) is 39.0 Å². The molecule has 1 rings (SSSR count). The van der Waals surface area contributed by atoms with Crippen LogP contribution < -0.4 is 0 Å². The molecule has 1 saturated carbocycles. The van der Waals surface area contributed by atoms with Gasteiger partial charge in [0.15, 0.2) is 0 Å². The summed E-state index contributed by atoms with van der Waals surface area (Å²) in [6.07, 6.45) is 14.1. The first-order valence-electron chi connectivity index (χ1n) is 6.30. The minimum Gasteiger partial charge on any atom is -0.342 e. The van der Waals surface area contributed by atoms with E-state index in [-0.39, 0.29) is 0 Å². The van der Waals surface area contributed by atoms with Crippen molar-refractivity contribution >= 4 is 5.91 Å². The Morgan fingerprint density at radius 3 is 2.38 bits per heavy atom. The fourth-order valence-corrected chi connectivity index (χ4v) is 1.56. The summed E-state index contributed by atoms with van der Waals surface area (Å²) in [6, 6.07) is 0. The van der Waals surface area contributed by atoms with E-state index in [1.165, 1.54) is 0 Å². The van der Waals surface area contributed by atoms with Crippen LogP contribution in [0.4, 0.5) is 0 Å². The van der Waals surface area contributed by atoms with Crippen molar-refractivity contribution in [3.05, 3.63) is 24.3 Å². The van der Waals surface area contributed by atoms with Gasteiger partial charge in [-0.25, -0.2) is 0 Å². The van der Waals surface area contributed by atoms with Gasteiger partial charge in [0.25, 0.3) is 0 Å². The highest BCUT2D eigenvalue weighted by atomic mass is 16.2. The van der Waals surface area contributed by atoms with Crippen LogP contribution in [0.2, 0.25) is 0 Å². The van der Waals surface area contributed by atoms with Gasteiger partial charge in [0.05, 0.1) is 0 Å². The Labute approximate surface area is 99.0 Å². The number of allylic oxidation sites excluding steroid dienone is 3. The van der Waals surface area contributed by atoms with Gasteiger partial charge < -0.3 is 4.90 Å². The van der Waals surface area contributed by atoms with Crippen LogP contribution in [0.15, 0.2) is 24.3 Å². The third kappa shape index (κ3) is 5.15. The second-order valence-electron chi connectivity index (χ2n) is 4.42. The van der Waals surface area contributed by atoms with Crippen molar-refractivity contribution in [2.75, 3.05) is 13.6 Å². The van der Waals surface area contributed by atoms with Crippen LogP contribution >= 0.6 is 0 Å². The molecule has 2 nitrogen and oxygen atoms in total. The van der Waals surface area contributed by atoms with E-state index < -0.39 is 0 Å². The average Bonchev–Trinajstić information content (AvgIpc) is 3.10. The summed E-state index contributed by atoms with van der Waals surface area (Å²) in [5.74, 6) is 0.654. The summed E-state index contributed by atoms with van der Waals surface area (Å²) in [5.41, 5.74) is 0. The molecule has 2 heteroatoms. The van der Waals surface area contributed by atoms with Gasteiger partial charge in [0.2, 0.25) is 5.91 Å². The number of nitrogens with zero attached hydrogens (tertiary/aromatic N) is 1. The van der Waals surface area contributed by atoms with Gasteiger partial charge in [-0.2, -0.15) is 0 Å². The van der Waals surface area contributed by atoms with Crippen LogP contribution in [-0.4, -0.2) is 24.4 Å². The molecule has 0 N–H and O–H groups in total. The maximum Gasteiger partial charge on any atom is 0.225 e. The maximum absolute atomic E-state index is 11.6. The highest BCUT2D eigenvalue weighted by Gasteiger charge is 2.31. The molecule has 0 unspecified atom stereocenters. The lowest BCUT2D eigenvalue weighted by Crippen LogP contribution is -2.27. The number of amides is 1. The van der Waals surface area contributed by atoms with E-state index in [2.05, 4.69) is 31.2 Å². The van der Waals surface area contributed by atoms with Crippen molar-refractivity contribution in [2.24, 2.45) is 5.92 Å². The summed E-state index contributed by atoms with van der Waals surface area (Å²) in [5, 5.41) is 0. The average molecular weight is 221 g/mol. The van der Waals surface area contributed by atoms with Gasteiger partial charge in [0, 0.05) is 19.5 Å². The van der Waals surface area contributed by atoms with E-state index in [1.54, 1.807) is 0 Å². The predicted octanol–water partition coefficient (Wildman–Crippen LogP) is 3.16. The third-order valence-electron chi connectivity index (χ3n) is 2.75. The molecule has 0 saturated heterocycles. The van der Waals surface area contributed by atoms with Crippen molar-refractivity contribution < 1.29 is 4.79 Å². The number of likely N-dealkylation sites (N-methyl/N-ethyl adjacent to an activating group) is 1. The number of unbranched alkanes of at least 4 members (excludes halogenated alkanes) is 1. The number of hydrogen-bond acceptors (Lipinski definition) is 1. The Balaban J connectivity index is 2.06. The quantitative estimate of drug-likeness (QED) is 0.477. The summed E-state index contributed by atoms with van der Waals surface area (Å²) < 4.78 is 0. The van der Waals surface area contributed by atoms with Crippen molar-refractivity contribution in [1.29, 1.82) is 0 Å². The smallest absolute Gasteiger partial charge is 0.225 e. The van der Waals surface area contributed by atoms with Crippen molar-refractivity contribution in [3.8, 4) is 0 Å². The molecule has 0 heterocycles. The fraction of sp³-hybridized carbons (Fsp3) is 0.643. The third-order valence-corrected chi connectivity index (χ3v) is 2.75. The largest absolute Gasteiger partial charge is 0.342 e. The first-order valence-corrected chi connectivity index (χ1v) is 6.30. The highest BCUT2D eigenvalue weighted by molar-refractivity contribution is 5.80. The van der Waals surface area contributed by atoms with Crippen molar-refractivity contribution in [1.82, 2.24) is 4.90 Å². The van der Waals surface area contributed by atoms with Gasteiger partial charge in [-0.15, -0.1) is 0 Å². The molecule has 0 aliphatic heterocycles. The molecule has 1 fully saturated rings. The van der Waals surface area contributed by atoms with Gasteiger partial charge in [-0.3, -0.25) is 4.79 Å². The summed E-state index contributed by atoms with van der Waals surface area (Å²) in [7, 11) is 1.89. The number of carbonyl (C=O) groups is 1. The Morgan fingerprint density at radius 2 is 1.81 bits per heavy atom. The lowest BCUT2D eigenvalue weighted by Gasteiger charge is -2.13.